The van der Waals surface area contributed by atoms with Crippen LogP contribution in [0, 0.1) is 11.8 Å². The minimum Gasteiger partial charge on any atom is -0.369 e. The number of hydrogen-bond acceptors (Lipinski definition) is 2. The number of rotatable bonds is 4. The van der Waals surface area contributed by atoms with Crippen LogP contribution in [0.15, 0.2) is 6.07 Å². The van der Waals surface area contributed by atoms with E-state index in [1.54, 1.807) is 6.07 Å². The molecule has 1 aromatic heterocycles. The predicted molar refractivity (Wildman–Crippen MR) is 83.5 cm³/mol. The van der Waals surface area contributed by atoms with Gasteiger partial charge in [-0.15, -0.1) is 0 Å². The summed E-state index contributed by atoms with van der Waals surface area (Å²) in [7, 11) is 0. The van der Waals surface area contributed by atoms with Gasteiger partial charge in [0.2, 0.25) is 0 Å². The summed E-state index contributed by atoms with van der Waals surface area (Å²) in [6, 6.07) is 1.63. The zero-order valence-electron chi connectivity index (χ0n) is 11.1. The molecule has 0 bridgehead atoms. The quantitative estimate of drug-likeness (QED) is 0.723. The lowest BCUT2D eigenvalue weighted by atomic mass is 9.81. The van der Waals surface area contributed by atoms with Crippen molar-refractivity contribution in [2.45, 2.75) is 39.0 Å². The number of anilines is 1. The molecule has 106 valence electrons. The lowest BCUT2D eigenvalue weighted by Gasteiger charge is -2.26. The van der Waals surface area contributed by atoms with Gasteiger partial charge in [-0.25, -0.2) is 4.98 Å². The lowest BCUT2D eigenvalue weighted by Crippen LogP contribution is -2.16. The van der Waals surface area contributed by atoms with Crippen molar-refractivity contribution in [3.05, 3.63) is 21.3 Å². The molecule has 0 aromatic carbocycles. The molecule has 1 saturated carbocycles. The van der Waals surface area contributed by atoms with Gasteiger partial charge in [0.25, 0.3) is 0 Å². The van der Waals surface area contributed by atoms with Gasteiger partial charge < -0.3 is 5.32 Å². The van der Waals surface area contributed by atoms with Crippen LogP contribution in [0.1, 0.15) is 39.0 Å². The Balaban J connectivity index is 1.81. The number of halogens is 3. The third-order valence-corrected chi connectivity index (χ3v) is 4.83. The predicted octanol–water partition coefficient (Wildman–Crippen LogP) is 5.67. The van der Waals surface area contributed by atoms with Crippen LogP contribution in [0.5, 0.6) is 0 Å². The molecular weight excluding hydrogens is 303 g/mol. The van der Waals surface area contributed by atoms with Gasteiger partial charge in [0.1, 0.15) is 11.0 Å². The Bertz CT molecular complexity index is 429. The summed E-state index contributed by atoms with van der Waals surface area (Å²) in [5.41, 5.74) is 0. The van der Waals surface area contributed by atoms with E-state index in [-0.39, 0.29) is 0 Å². The molecule has 1 fully saturated rings. The van der Waals surface area contributed by atoms with Crippen LogP contribution >= 0.6 is 34.8 Å². The van der Waals surface area contributed by atoms with Gasteiger partial charge in [0.15, 0.2) is 0 Å². The highest BCUT2D eigenvalue weighted by atomic mass is 35.5. The third-order valence-electron chi connectivity index (χ3n) is 3.87. The average Bonchev–Trinajstić information content (AvgIpc) is 2.38. The maximum absolute atomic E-state index is 6.07. The topological polar surface area (TPSA) is 24.9 Å². The Morgan fingerprint density at radius 1 is 1.16 bits per heavy atom. The summed E-state index contributed by atoms with van der Waals surface area (Å²) in [6.45, 7) is 3.22. The Labute approximate surface area is 129 Å². The van der Waals surface area contributed by atoms with Gasteiger partial charge in [0, 0.05) is 6.54 Å². The Morgan fingerprint density at radius 2 is 1.84 bits per heavy atom. The van der Waals surface area contributed by atoms with Crippen molar-refractivity contribution in [2.75, 3.05) is 11.9 Å². The maximum atomic E-state index is 6.07. The Hall–Kier alpha value is -0.180. The minimum absolute atomic E-state index is 0.292. The van der Waals surface area contributed by atoms with Crippen molar-refractivity contribution < 1.29 is 0 Å². The number of nitrogens with zero attached hydrogens (tertiary/aromatic N) is 1. The fourth-order valence-electron chi connectivity index (χ4n) is 2.58. The summed E-state index contributed by atoms with van der Waals surface area (Å²) in [6.07, 6.45) is 6.55. The summed E-state index contributed by atoms with van der Waals surface area (Å²) in [5, 5.41) is 4.45. The molecule has 0 radical (unpaired) electrons. The van der Waals surface area contributed by atoms with E-state index >= 15 is 0 Å². The first-order valence-electron chi connectivity index (χ1n) is 6.81. The van der Waals surface area contributed by atoms with Crippen LogP contribution in [-0.4, -0.2) is 11.5 Å². The molecular formula is C14H19Cl3N2. The molecule has 0 spiro atoms. The van der Waals surface area contributed by atoms with E-state index in [1.165, 1.54) is 25.7 Å². The molecule has 19 heavy (non-hydrogen) atoms. The highest BCUT2D eigenvalue weighted by Gasteiger charge is 2.17. The van der Waals surface area contributed by atoms with E-state index in [4.69, 9.17) is 34.8 Å². The molecule has 0 atom stereocenters. The number of hydrogen-bond donors (Lipinski definition) is 1. The Morgan fingerprint density at radius 3 is 2.53 bits per heavy atom. The molecule has 1 N–H and O–H groups in total. The lowest BCUT2D eigenvalue weighted by molar-refractivity contribution is 0.282. The molecule has 1 aromatic rings. The van der Waals surface area contributed by atoms with Crippen LogP contribution < -0.4 is 5.32 Å². The standard InChI is InChI=1S/C14H19Cl3N2/c1-9-2-4-10(5-3-9)6-7-18-14-12(16)8-11(15)13(17)19-14/h8-10H,2-7H2,1H3,(H,18,19). The molecule has 0 amide bonds. The second kappa shape index (κ2) is 7.01. The number of nitrogens with one attached hydrogen (secondary N) is 1. The fraction of sp³-hybridized carbons (Fsp3) is 0.643. The normalized spacial score (nSPS) is 23.4. The monoisotopic (exact) mass is 320 g/mol. The van der Waals surface area contributed by atoms with Gasteiger partial charge in [-0.2, -0.15) is 0 Å². The van der Waals surface area contributed by atoms with Crippen molar-refractivity contribution >= 4 is 40.6 Å². The zero-order valence-corrected chi connectivity index (χ0v) is 13.3. The van der Waals surface area contributed by atoms with Crippen molar-refractivity contribution in [1.29, 1.82) is 0 Å². The van der Waals surface area contributed by atoms with Gasteiger partial charge >= 0.3 is 0 Å². The summed E-state index contributed by atoms with van der Waals surface area (Å²) in [4.78, 5) is 4.16. The van der Waals surface area contributed by atoms with Crippen LogP contribution in [0.25, 0.3) is 0 Å². The smallest absolute Gasteiger partial charge is 0.150 e. The highest BCUT2D eigenvalue weighted by molar-refractivity contribution is 6.42. The van der Waals surface area contributed by atoms with Gasteiger partial charge in [-0.3, -0.25) is 0 Å². The average molecular weight is 322 g/mol. The SMILES string of the molecule is CC1CCC(CCNc2nc(Cl)c(Cl)cc2Cl)CC1. The van der Waals surface area contributed by atoms with Crippen molar-refractivity contribution in [3.63, 3.8) is 0 Å². The minimum atomic E-state index is 0.292. The van der Waals surface area contributed by atoms with Crippen molar-refractivity contribution in [1.82, 2.24) is 4.98 Å². The van der Waals surface area contributed by atoms with E-state index in [0.717, 1.165) is 24.8 Å². The third kappa shape index (κ3) is 4.40. The number of pyridine rings is 1. The molecule has 1 aliphatic carbocycles. The van der Waals surface area contributed by atoms with E-state index in [9.17, 15) is 0 Å². The summed E-state index contributed by atoms with van der Waals surface area (Å²) >= 11 is 17.8. The summed E-state index contributed by atoms with van der Waals surface area (Å²) in [5.74, 6) is 2.35. The van der Waals surface area contributed by atoms with Crippen LogP contribution in [-0.2, 0) is 0 Å². The van der Waals surface area contributed by atoms with Crippen molar-refractivity contribution in [3.8, 4) is 0 Å². The van der Waals surface area contributed by atoms with Gasteiger partial charge in [-0.1, -0.05) is 67.4 Å². The highest BCUT2D eigenvalue weighted by Crippen LogP contribution is 2.31. The zero-order chi connectivity index (χ0) is 13.8. The first-order chi connectivity index (χ1) is 9.06. The molecule has 5 heteroatoms. The number of aromatic nitrogens is 1. The maximum Gasteiger partial charge on any atom is 0.150 e. The van der Waals surface area contributed by atoms with E-state index in [0.29, 0.717) is 21.0 Å². The van der Waals surface area contributed by atoms with Gasteiger partial charge in [0.05, 0.1) is 10.0 Å². The van der Waals surface area contributed by atoms with Crippen molar-refractivity contribution in [2.24, 2.45) is 11.8 Å². The second-order valence-corrected chi connectivity index (χ2v) is 6.61. The van der Waals surface area contributed by atoms with E-state index < -0.39 is 0 Å². The molecule has 0 unspecified atom stereocenters. The first-order valence-corrected chi connectivity index (χ1v) is 7.95. The molecule has 0 aliphatic heterocycles. The summed E-state index contributed by atoms with van der Waals surface area (Å²) < 4.78 is 0. The Kier molecular flexibility index (Phi) is 5.61. The second-order valence-electron chi connectivity index (χ2n) is 5.43. The van der Waals surface area contributed by atoms with Crippen LogP contribution in [0.4, 0.5) is 5.82 Å². The largest absolute Gasteiger partial charge is 0.369 e. The molecule has 2 nitrogen and oxygen atoms in total. The van der Waals surface area contributed by atoms with Crippen LogP contribution in [0.2, 0.25) is 15.2 Å². The fourth-order valence-corrected chi connectivity index (χ4v) is 3.15. The molecule has 1 heterocycles. The van der Waals surface area contributed by atoms with Crippen LogP contribution in [0.3, 0.4) is 0 Å². The molecule has 2 rings (SSSR count). The van der Waals surface area contributed by atoms with E-state index in [1.807, 2.05) is 0 Å². The first kappa shape index (κ1) is 15.2. The van der Waals surface area contributed by atoms with Gasteiger partial charge in [-0.05, 0) is 24.3 Å². The van der Waals surface area contributed by atoms with E-state index in [2.05, 4.69) is 17.2 Å². The molecule has 1 aliphatic rings. The molecule has 0 saturated heterocycles.